The molecule has 0 atom stereocenters. The Balaban J connectivity index is 1.42. The van der Waals surface area contributed by atoms with Gasteiger partial charge in [0.15, 0.2) is 0 Å². The van der Waals surface area contributed by atoms with Crippen molar-refractivity contribution in [1.29, 1.82) is 0 Å². The van der Waals surface area contributed by atoms with Crippen LogP contribution in [0.25, 0.3) is 11.1 Å². The lowest BCUT2D eigenvalue weighted by Gasteiger charge is -2.41. The number of hydrogen-bond donors (Lipinski definition) is 1. The van der Waals surface area contributed by atoms with Crippen LogP contribution in [0.15, 0.2) is 72.8 Å². The lowest BCUT2D eigenvalue weighted by Crippen LogP contribution is -2.49. The topological polar surface area (TPSA) is 65.0 Å². The molecule has 1 N–H and O–H groups in total. The Kier molecular flexibility index (Phi) is 6.04. The first-order valence-electron chi connectivity index (χ1n) is 9.56. The fraction of sp³-hybridized carbons (Fsp3) is 0.208. The standard InChI is InChI=1S/C24H21ClO5/c25-22-7-2-1-6-21(22)18-5-3-4-17(12-18)13-29-20-10-8-19(9-11-20)24(15-28-16-24)30-14-23(26)27/h1-12H,13-16H2,(H,26,27). The molecule has 1 aliphatic heterocycles. The quantitative estimate of drug-likeness (QED) is 0.556. The molecule has 3 aromatic carbocycles. The molecule has 0 unspecified atom stereocenters. The second-order valence-electron chi connectivity index (χ2n) is 7.16. The third-order valence-corrected chi connectivity index (χ3v) is 5.37. The first kappa shape index (κ1) is 20.4. The second kappa shape index (κ2) is 8.88. The normalized spacial score (nSPS) is 14.7. The number of halogens is 1. The van der Waals surface area contributed by atoms with Crippen molar-refractivity contribution in [3.05, 3.63) is 88.9 Å². The van der Waals surface area contributed by atoms with Gasteiger partial charge in [0.1, 0.15) is 24.6 Å². The summed E-state index contributed by atoms with van der Waals surface area (Å²) >= 11 is 6.31. The molecule has 1 aliphatic rings. The van der Waals surface area contributed by atoms with E-state index >= 15 is 0 Å². The van der Waals surface area contributed by atoms with Crippen molar-refractivity contribution < 1.29 is 24.1 Å². The molecule has 5 nitrogen and oxygen atoms in total. The minimum absolute atomic E-state index is 0.343. The molecule has 4 rings (SSSR count). The first-order chi connectivity index (χ1) is 14.6. The van der Waals surface area contributed by atoms with Gasteiger partial charge in [-0.1, -0.05) is 60.1 Å². The third-order valence-electron chi connectivity index (χ3n) is 5.04. The van der Waals surface area contributed by atoms with E-state index in [1.165, 1.54) is 0 Å². The molecular weight excluding hydrogens is 404 g/mol. The molecule has 154 valence electrons. The third kappa shape index (κ3) is 4.49. The molecule has 30 heavy (non-hydrogen) atoms. The zero-order valence-corrected chi connectivity index (χ0v) is 17.0. The van der Waals surface area contributed by atoms with E-state index in [9.17, 15) is 4.79 Å². The van der Waals surface area contributed by atoms with E-state index < -0.39 is 11.6 Å². The predicted octanol–water partition coefficient (Wildman–Crippen LogP) is 4.91. The first-order valence-corrected chi connectivity index (χ1v) is 9.94. The van der Waals surface area contributed by atoms with Crippen molar-refractivity contribution in [2.45, 2.75) is 12.2 Å². The van der Waals surface area contributed by atoms with E-state index in [1.54, 1.807) is 0 Å². The SMILES string of the molecule is O=C(O)COC1(c2ccc(OCc3cccc(-c4ccccc4Cl)c3)cc2)COC1. The Hall–Kier alpha value is -2.86. The van der Waals surface area contributed by atoms with E-state index in [4.69, 9.17) is 30.9 Å². The van der Waals surface area contributed by atoms with Crippen LogP contribution in [0.1, 0.15) is 11.1 Å². The molecule has 0 saturated carbocycles. The maximum absolute atomic E-state index is 10.8. The minimum atomic E-state index is -1.000. The summed E-state index contributed by atoms with van der Waals surface area (Å²) < 4.78 is 16.8. The summed E-state index contributed by atoms with van der Waals surface area (Å²) in [7, 11) is 0. The largest absolute Gasteiger partial charge is 0.489 e. The Labute approximate surface area is 179 Å². The molecule has 0 aliphatic carbocycles. The lowest BCUT2D eigenvalue weighted by molar-refractivity contribution is -0.220. The monoisotopic (exact) mass is 424 g/mol. The molecule has 0 radical (unpaired) electrons. The highest BCUT2D eigenvalue weighted by molar-refractivity contribution is 6.33. The molecular formula is C24H21ClO5. The maximum Gasteiger partial charge on any atom is 0.329 e. The van der Waals surface area contributed by atoms with Crippen LogP contribution in [-0.4, -0.2) is 30.9 Å². The van der Waals surface area contributed by atoms with Gasteiger partial charge >= 0.3 is 5.97 Å². The number of aliphatic carboxylic acids is 1. The molecule has 1 heterocycles. The number of hydrogen-bond acceptors (Lipinski definition) is 4. The van der Waals surface area contributed by atoms with Gasteiger partial charge in [-0.15, -0.1) is 0 Å². The van der Waals surface area contributed by atoms with E-state index in [-0.39, 0.29) is 6.61 Å². The number of rotatable bonds is 8. The van der Waals surface area contributed by atoms with Crippen molar-refractivity contribution in [1.82, 2.24) is 0 Å². The molecule has 1 saturated heterocycles. The minimum Gasteiger partial charge on any atom is -0.489 e. The van der Waals surface area contributed by atoms with Gasteiger partial charge in [0.25, 0.3) is 0 Å². The summed E-state index contributed by atoms with van der Waals surface area (Å²) in [5.74, 6) is -0.282. The Morgan fingerprint density at radius 3 is 2.47 bits per heavy atom. The fourth-order valence-electron chi connectivity index (χ4n) is 3.37. The maximum atomic E-state index is 10.8. The van der Waals surface area contributed by atoms with Gasteiger partial charge in [-0.3, -0.25) is 0 Å². The van der Waals surface area contributed by atoms with Crippen LogP contribution in [0, 0.1) is 0 Å². The van der Waals surface area contributed by atoms with Gasteiger partial charge in [-0.25, -0.2) is 4.79 Å². The van der Waals surface area contributed by atoms with Crippen molar-refractivity contribution in [3.8, 4) is 16.9 Å². The summed E-state index contributed by atoms with van der Waals surface area (Å²) in [6.45, 7) is 0.745. The van der Waals surface area contributed by atoms with Crippen LogP contribution in [0.4, 0.5) is 0 Å². The number of benzene rings is 3. The van der Waals surface area contributed by atoms with Gasteiger partial charge in [0, 0.05) is 10.6 Å². The van der Waals surface area contributed by atoms with Crippen molar-refractivity contribution in [3.63, 3.8) is 0 Å². The Morgan fingerprint density at radius 2 is 1.80 bits per heavy atom. The van der Waals surface area contributed by atoms with E-state index in [0.717, 1.165) is 28.0 Å². The van der Waals surface area contributed by atoms with Gasteiger partial charge in [0.2, 0.25) is 0 Å². The van der Waals surface area contributed by atoms with Gasteiger partial charge in [-0.05, 0) is 41.0 Å². The van der Waals surface area contributed by atoms with Gasteiger partial charge in [-0.2, -0.15) is 0 Å². The van der Waals surface area contributed by atoms with Crippen LogP contribution in [0.3, 0.4) is 0 Å². The molecule has 6 heteroatoms. The number of carboxylic acids is 1. The Bertz CT molecular complexity index is 1030. The Morgan fingerprint density at radius 1 is 1.03 bits per heavy atom. The molecule has 1 fully saturated rings. The van der Waals surface area contributed by atoms with E-state index in [0.29, 0.717) is 24.8 Å². The summed E-state index contributed by atoms with van der Waals surface area (Å²) in [6.07, 6.45) is 0. The highest BCUT2D eigenvalue weighted by Crippen LogP contribution is 2.35. The number of ether oxygens (including phenoxy) is 3. The second-order valence-corrected chi connectivity index (χ2v) is 7.57. The molecule has 3 aromatic rings. The molecule has 0 bridgehead atoms. The summed E-state index contributed by atoms with van der Waals surface area (Å²) in [5, 5.41) is 9.59. The smallest absolute Gasteiger partial charge is 0.329 e. The average Bonchev–Trinajstić information content (AvgIpc) is 2.73. The molecule has 0 spiro atoms. The zero-order valence-electron chi connectivity index (χ0n) is 16.2. The van der Waals surface area contributed by atoms with Crippen LogP contribution >= 0.6 is 11.6 Å². The van der Waals surface area contributed by atoms with Crippen LogP contribution in [-0.2, 0) is 26.5 Å². The fourth-order valence-corrected chi connectivity index (χ4v) is 3.61. The highest BCUT2D eigenvalue weighted by Gasteiger charge is 2.42. The molecule has 0 aromatic heterocycles. The van der Waals surface area contributed by atoms with Crippen LogP contribution < -0.4 is 4.74 Å². The number of carbonyl (C=O) groups is 1. The number of carboxylic acid groups (broad SMARTS) is 1. The van der Waals surface area contributed by atoms with Gasteiger partial charge < -0.3 is 19.3 Å². The zero-order chi connectivity index (χ0) is 21.0. The van der Waals surface area contributed by atoms with Gasteiger partial charge in [0.05, 0.1) is 13.2 Å². The molecule has 0 amide bonds. The van der Waals surface area contributed by atoms with Crippen molar-refractivity contribution in [2.24, 2.45) is 0 Å². The van der Waals surface area contributed by atoms with Crippen molar-refractivity contribution >= 4 is 17.6 Å². The van der Waals surface area contributed by atoms with Crippen molar-refractivity contribution in [2.75, 3.05) is 19.8 Å². The summed E-state index contributed by atoms with van der Waals surface area (Å²) in [6, 6.07) is 23.3. The lowest BCUT2D eigenvalue weighted by atomic mass is 9.91. The van der Waals surface area contributed by atoms with E-state index in [1.807, 2.05) is 66.7 Å². The average molecular weight is 425 g/mol. The highest BCUT2D eigenvalue weighted by atomic mass is 35.5. The van der Waals surface area contributed by atoms with E-state index in [2.05, 4.69) is 6.07 Å². The van der Waals surface area contributed by atoms with Crippen LogP contribution in [0.2, 0.25) is 5.02 Å². The summed E-state index contributed by atoms with van der Waals surface area (Å²) in [5.41, 5.74) is 3.24. The predicted molar refractivity (Wildman–Crippen MR) is 114 cm³/mol. The van der Waals surface area contributed by atoms with Crippen LogP contribution in [0.5, 0.6) is 5.75 Å². The summed E-state index contributed by atoms with van der Waals surface area (Å²) in [4.78, 5) is 10.8.